The summed E-state index contributed by atoms with van der Waals surface area (Å²) in [5, 5.41) is 0. The van der Waals surface area contributed by atoms with E-state index in [-0.39, 0.29) is 11.9 Å². The zero-order chi connectivity index (χ0) is 12.8. The molecule has 7 heteroatoms. The number of ether oxygens (including phenoxy) is 1. The topological polar surface area (TPSA) is 79.4 Å². The van der Waals surface area contributed by atoms with E-state index in [1.54, 1.807) is 19.2 Å². The first-order chi connectivity index (χ1) is 8.08. The van der Waals surface area contributed by atoms with Crippen LogP contribution in [-0.2, 0) is 9.26 Å². The highest BCUT2D eigenvalue weighted by Crippen LogP contribution is 2.12. The summed E-state index contributed by atoms with van der Waals surface area (Å²) in [5.74, 6) is 0.207. The Kier molecular flexibility index (Phi) is 5.55. The molecule has 2 N–H and O–H groups in total. The Labute approximate surface area is 102 Å². The third kappa shape index (κ3) is 4.07. The van der Waals surface area contributed by atoms with Crippen molar-refractivity contribution in [2.75, 3.05) is 12.3 Å². The van der Waals surface area contributed by atoms with Gasteiger partial charge >= 0.3 is 5.69 Å². The summed E-state index contributed by atoms with van der Waals surface area (Å²) < 4.78 is 12.0. The Morgan fingerprint density at radius 2 is 2.35 bits per heavy atom. The van der Waals surface area contributed by atoms with E-state index in [2.05, 4.69) is 14.5 Å². The average molecular weight is 259 g/mol. The quantitative estimate of drug-likeness (QED) is 0.769. The van der Waals surface area contributed by atoms with Crippen LogP contribution in [0.1, 0.15) is 26.5 Å². The van der Waals surface area contributed by atoms with E-state index < -0.39 is 11.9 Å². The van der Waals surface area contributed by atoms with Crippen LogP contribution in [-0.4, -0.2) is 22.3 Å². The van der Waals surface area contributed by atoms with Crippen molar-refractivity contribution in [3.63, 3.8) is 0 Å². The van der Waals surface area contributed by atoms with Gasteiger partial charge in [0.05, 0.1) is 12.7 Å². The summed E-state index contributed by atoms with van der Waals surface area (Å²) in [5.41, 5.74) is 5.00. The van der Waals surface area contributed by atoms with E-state index in [4.69, 9.17) is 15.0 Å². The number of hydrogen-bond donors (Lipinski definition) is 1. The highest BCUT2D eigenvalue weighted by molar-refractivity contribution is 7.09. The highest BCUT2D eigenvalue weighted by Gasteiger charge is 2.14. The first-order valence-electron chi connectivity index (χ1n) is 5.40. The smallest absolute Gasteiger partial charge is 0.351 e. The molecule has 3 unspecified atom stereocenters. The van der Waals surface area contributed by atoms with Crippen LogP contribution >= 0.6 is 9.47 Å². The average Bonchev–Trinajstić information content (AvgIpc) is 2.28. The zero-order valence-corrected chi connectivity index (χ0v) is 11.2. The van der Waals surface area contributed by atoms with Crippen LogP contribution in [0.25, 0.3) is 0 Å². The van der Waals surface area contributed by atoms with E-state index in [0.29, 0.717) is 6.61 Å². The lowest BCUT2D eigenvalue weighted by Gasteiger charge is -2.21. The molecule has 0 aromatic carbocycles. The van der Waals surface area contributed by atoms with Crippen molar-refractivity contribution in [3.05, 3.63) is 22.7 Å². The van der Waals surface area contributed by atoms with Crippen LogP contribution in [0.2, 0.25) is 0 Å². The summed E-state index contributed by atoms with van der Waals surface area (Å²) in [6.07, 6.45) is 1.91. The molecule has 0 saturated carbocycles. The van der Waals surface area contributed by atoms with Crippen molar-refractivity contribution >= 4 is 15.3 Å². The summed E-state index contributed by atoms with van der Waals surface area (Å²) in [4.78, 5) is 15.2. The summed E-state index contributed by atoms with van der Waals surface area (Å²) in [7, 11) is 2.18. The van der Waals surface area contributed by atoms with Gasteiger partial charge in [-0.25, -0.2) is 4.79 Å². The monoisotopic (exact) mass is 259 g/mol. The second-order valence-corrected chi connectivity index (χ2v) is 3.97. The Bertz CT molecular complexity index is 410. The van der Waals surface area contributed by atoms with Gasteiger partial charge in [0.25, 0.3) is 0 Å². The number of nitrogens with two attached hydrogens (primary N) is 1. The maximum atomic E-state index is 11.6. The fraction of sp³-hybridized carbons (Fsp3) is 0.600. The molecule has 0 bridgehead atoms. The number of hydrogen-bond acceptors (Lipinski definition) is 5. The third-order valence-corrected chi connectivity index (χ3v) is 2.56. The minimum absolute atomic E-state index is 0.0630. The van der Waals surface area contributed by atoms with E-state index >= 15 is 0 Å². The SMILES string of the molecule is CCC(COP)OC(C)n1ccc(N)nc1=O. The molecule has 1 aromatic heterocycles. The molecule has 0 aliphatic rings. The van der Waals surface area contributed by atoms with E-state index in [0.717, 1.165) is 6.42 Å². The lowest BCUT2D eigenvalue weighted by molar-refractivity contribution is -0.0617. The number of anilines is 1. The molecule has 96 valence electrons. The van der Waals surface area contributed by atoms with Crippen molar-refractivity contribution in [3.8, 4) is 0 Å². The van der Waals surface area contributed by atoms with Gasteiger partial charge in [-0.2, -0.15) is 4.98 Å². The molecule has 1 heterocycles. The molecule has 0 aliphatic carbocycles. The van der Waals surface area contributed by atoms with Crippen molar-refractivity contribution in [1.82, 2.24) is 9.55 Å². The molecule has 0 fully saturated rings. The lowest BCUT2D eigenvalue weighted by Crippen LogP contribution is -2.30. The standard InChI is InChI=1S/C10H18N3O3P/c1-3-8(6-15-17)16-7(2)13-5-4-9(11)12-10(13)14/h4-5,7-8H,3,6,17H2,1-2H3,(H2,11,12,14). The molecule has 1 rings (SSSR count). The van der Waals surface area contributed by atoms with Crippen LogP contribution < -0.4 is 11.4 Å². The molecular weight excluding hydrogens is 241 g/mol. The summed E-state index contributed by atoms with van der Waals surface area (Å²) in [6, 6.07) is 1.56. The van der Waals surface area contributed by atoms with E-state index in [1.807, 2.05) is 6.92 Å². The predicted molar refractivity (Wildman–Crippen MR) is 68.4 cm³/mol. The minimum Gasteiger partial charge on any atom is -0.383 e. The molecule has 0 saturated heterocycles. The van der Waals surface area contributed by atoms with E-state index in [1.165, 1.54) is 4.57 Å². The van der Waals surface area contributed by atoms with Gasteiger partial charge in [0.1, 0.15) is 12.0 Å². The van der Waals surface area contributed by atoms with Gasteiger partial charge in [0.2, 0.25) is 0 Å². The molecule has 1 aromatic rings. The predicted octanol–water partition coefficient (Wildman–Crippen LogP) is 0.946. The Morgan fingerprint density at radius 1 is 1.65 bits per heavy atom. The van der Waals surface area contributed by atoms with Crippen molar-refractivity contribution in [2.24, 2.45) is 0 Å². The Morgan fingerprint density at radius 3 is 2.88 bits per heavy atom. The Hall–Kier alpha value is -0.970. The summed E-state index contributed by atoms with van der Waals surface area (Å²) in [6.45, 7) is 4.23. The van der Waals surface area contributed by atoms with Gasteiger partial charge in [-0.05, 0) is 19.4 Å². The Balaban J connectivity index is 2.75. The molecule has 17 heavy (non-hydrogen) atoms. The van der Waals surface area contributed by atoms with Crippen LogP contribution in [0, 0.1) is 0 Å². The number of rotatable bonds is 6. The second kappa shape index (κ2) is 6.69. The molecule has 0 spiro atoms. The van der Waals surface area contributed by atoms with Gasteiger partial charge in [-0.1, -0.05) is 6.92 Å². The van der Waals surface area contributed by atoms with Crippen LogP contribution in [0.4, 0.5) is 5.82 Å². The highest BCUT2D eigenvalue weighted by atomic mass is 31.0. The normalized spacial score (nSPS) is 14.5. The van der Waals surface area contributed by atoms with Gasteiger partial charge < -0.3 is 15.0 Å². The first-order valence-corrected chi connectivity index (χ1v) is 5.87. The maximum Gasteiger partial charge on any atom is 0.351 e. The summed E-state index contributed by atoms with van der Waals surface area (Å²) >= 11 is 0. The minimum atomic E-state index is -0.417. The molecular formula is C10H18N3O3P. The largest absolute Gasteiger partial charge is 0.383 e. The van der Waals surface area contributed by atoms with Gasteiger partial charge in [-0.15, -0.1) is 0 Å². The lowest BCUT2D eigenvalue weighted by atomic mass is 10.3. The van der Waals surface area contributed by atoms with Gasteiger partial charge in [-0.3, -0.25) is 4.57 Å². The maximum absolute atomic E-state index is 11.6. The number of nitrogens with zero attached hydrogens (tertiary/aromatic N) is 2. The second-order valence-electron chi connectivity index (χ2n) is 3.64. The van der Waals surface area contributed by atoms with Gasteiger partial charge in [0, 0.05) is 15.7 Å². The van der Waals surface area contributed by atoms with Crippen LogP contribution in [0.3, 0.4) is 0 Å². The molecule has 0 aliphatic heterocycles. The fourth-order valence-electron chi connectivity index (χ4n) is 1.41. The zero-order valence-electron chi connectivity index (χ0n) is 10.00. The number of nitrogen functional groups attached to an aromatic ring is 1. The van der Waals surface area contributed by atoms with E-state index in [9.17, 15) is 4.79 Å². The molecule has 3 atom stereocenters. The van der Waals surface area contributed by atoms with Crippen LogP contribution in [0.15, 0.2) is 17.1 Å². The van der Waals surface area contributed by atoms with Crippen molar-refractivity contribution in [2.45, 2.75) is 32.6 Å². The van der Waals surface area contributed by atoms with Crippen LogP contribution in [0.5, 0.6) is 0 Å². The molecule has 0 radical (unpaired) electrons. The fourth-order valence-corrected chi connectivity index (χ4v) is 1.62. The first kappa shape index (κ1) is 14.1. The van der Waals surface area contributed by atoms with Crippen molar-refractivity contribution in [1.29, 1.82) is 0 Å². The molecule has 6 nitrogen and oxygen atoms in total. The number of aromatic nitrogens is 2. The molecule has 0 amide bonds. The van der Waals surface area contributed by atoms with Crippen molar-refractivity contribution < 1.29 is 9.26 Å². The van der Waals surface area contributed by atoms with Gasteiger partial charge in [0.15, 0.2) is 0 Å². The third-order valence-electron chi connectivity index (χ3n) is 2.37.